The summed E-state index contributed by atoms with van der Waals surface area (Å²) < 4.78 is 11.1. The quantitative estimate of drug-likeness (QED) is 0.803. The van der Waals surface area contributed by atoms with Gasteiger partial charge in [-0.2, -0.15) is 0 Å². The molecule has 0 fully saturated rings. The van der Waals surface area contributed by atoms with Crippen molar-refractivity contribution in [2.24, 2.45) is 0 Å². The van der Waals surface area contributed by atoms with Gasteiger partial charge < -0.3 is 9.47 Å². The van der Waals surface area contributed by atoms with Crippen LogP contribution in [0.4, 0.5) is 0 Å². The van der Waals surface area contributed by atoms with Crippen LogP contribution in [0.1, 0.15) is 37.5 Å². The summed E-state index contributed by atoms with van der Waals surface area (Å²) in [6.07, 6.45) is 0.887. The van der Waals surface area contributed by atoms with E-state index in [1.807, 2.05) is 19.1 Å². The Labute approximate surface area is 108 Å². The molecule has 0 N–H and O–H groups in total. The van der Waals surface area contributed by atoms with E-state index in [4.69, 9.17) is 9.47 Å². The van der Waals surface area contributed by atoms with Crippen molar-refractivity contribution in [3.63, 3.8) is 0 Å². The number of rotatable bonds is 5. The molecular weight excluding hydrogens is 228 g/mol. The Kier molecular flexibility index (Phi) is 4.50. The standard InChI is InChI=1S/C15H20O3/c1-3-17-11(2)14(16)10-15-13-7-5-4-6-12(13)8-9-18-15/h4-7,11,15H,3,8-10H2,1-2H3. The summed E-state index contributed by atoms with van der Waals surface area (Å²) in [4.78, 5) is 12.0. The second kappa shape index (κ2) is 6.12. The van der Waals surface area contributed by atoms with Crippen molar-refractivity contribution in [2.45, 2.75) is 38.9 Å². The maximum absolute atomic E-state index is 12.0. The first kappa shape index (κ1) is 13.2. The molecule has 0 saturated heterocycles. The van der Waals surface area contributed by atoms with Crippen molar-refractivity contribution in [3.05, 3.63) is 35.4 Å². The maximum atomic E-state index is 12.0. The number of carbonyl (C=O) groups is 1. The highest BCUT2D eigenvalue weighted by Gasteiger charge is 2.25. The van der Waals surface area contributed by atoms with Gasteiger partial charge in [0.1, 0.15) is 6.10 Å². The van der Waals surface area contributed by atoms with Gasteiger partial charge in [-0.15, -0.1) is 0 Å². The molecule has 1 aromatic carbocycles. The molecule has 1 aliphatic rings. The van der Waals surface area contributed by atoms with E-state index < -0.39 is 0 Å². The Morgan fingerprint density at radius 2 is 2.28 bits per heavy atom. The minimum absolute atomic E-state index is 0.106. The van der Waals surface area contributed by atoms with Gasteiger partial charge in [-0.1, -0.05) is 24.3 Å². The molecule has 1 aliphatic heterocycles. The highest BCUT2D eigenvalue weighted by molar-refractivity contribution is 5.83. The number of hydrogen-bond donors (Lipinski definition) is 0. The molecule has 1 aromatic rings. The zero-order chi connectivity index (χ0) is 13.0. The van der Waals surface area contributed by atoms with Crippen LogP contribution < -0.4 is 0 Å². The summed E-state index contributed by atoms with van der Waals surface area (Å²) in [5.41, 5.74) is 2.45. The van der Waals surface area contributed by atoms with Crippen LogP contribution in [-0.2, 0) is 20.7 Å². The minimum atomic E-state index is -0.340. The summed E-state index contributed by atoms with van der Waals surface area (Å²) in [7, 11) is 0. The van der Waals surface area contributed by atoms with Crippen molar-refractivity contribution in [1.29, 1.82) is 0 Å². The van der Waals surface area contributed by atoms with Crippen LogP contribution in [0, 0.1) is 0 Å². The number of ether oxygens (including phenoxy) is 2. The molecule has 18 heavy (non-hydrogen) atoms. The average Bonchev–Trinajstić information content (AvgIpc) is 2.39. The lowest BCUT2D eigenvalue weighted by Crippen LogP contribution is -2.26. The van der Waals surface area contributed by atoms with Gasteiger partial charge in [0.05, 0.1) is 12.7 Å². The lowest BCUT2D eigenvalue weighted by molar-refractivity contribution is -0.132. The first-order chi connectivity index (χ1) is 8.72. The van der Waals surface area contributed by atoms with Crippen LogP contribution in [0.25, 0.3) is 0 Å². The fourth-order valence-electron chi connectivity index (χ4n) is 2.34. The second-order valence-corrected chi connectivity index (χ2v) is 4.58. The summed E-state index contributed by atoms with van der Waals surface area (Å²) in [5, 5.41) is 0. The van der Waals surface area contributed by atoms with Crippen molar-refractivity contribution in [1.82, 2.24) is 0 Å². The third kappa shape index (κ3) is 2.98. The summed E-state index contributed by atoms with van der Waals surface area (Å²) in [6, 6.07) is 8.20. The Bertz CT molecular complexity index is 414. The van der Waals surface area contributed by atoms with E-state index >= 15 is 0 Å². The molecule has 3 heteroatoms. The number of benzene rings is 1. The van der Waals surface area contributed by atoms with Crippen molar-refractivity contribution in [2.75, 3.05) is 13.2 Å². The largest absolute Gasteiger partial charge is 0.373 e. The van der Waals surface area contributed by atoms with Crippen LogP contribution in [-0.4, -0.2) is 25.1 Å². The third-order valence-corrected chi connectivity index (χ3v) is 3.35. The summed E-state index contributed by atoms with van der Waals surface area (Å²) in [6.45, 7) is 4.96. The van der Waals surface area contributed by atoms with Gasteiger partial charge in [-0.3, -0.25) is 4.79 Å². The normalized spacial score (nSPS) is 20.2. The number of Topliss-reactive ketones (excluding diaryl/α,β-unsaturated/α-hetero) is 1. The molecule has 2 atom stereocenters. The molecule has 0 spiro atoms. The zero-order valence-corrected chi connectivity index (χ0v) is 11.0. The molecule has 98 valence electrons. The van der Waals surface area contributed by atoms with E-state index in [-0.39, 0.29) is 18.0 Å². The number of hydrogen-bond acceptors (Lipinski definition) is 3. The molecular formula is C15H20O3. The Morgan fingerprint density at radius 3 is 3.06 bits per heavy atom. The molecule has 3 nitrogen and oxygen atoms in total. The van der Waals surface area contributed by atoms with E-state index in [2.05, 4.69) is 12.1 Å². The van der Waals surface area contributed by atoms with Crippen LogP contribution in [0.15, 0.2) is 24.3 Å². The van der Waals surface area contributed by atoms with Crippen LogP contribution in [0.2, 0.25) is 0 Å². The first-order valence-electron chi connectivity index (χ1n) is 6.56. The molecule has 0 radical (unpaired) electrons. The summed E-state index contributed by atoms with van der Waals surface area (Å²) in [5.74, 6) is 0.110. The van der Waals surface area contributed by atoms with Gasteiger partial charge >= 0.3 is 0 Å². The molecule has 0 amide bonds. The highest BCUT2D eigenvalue weighted by Crippen LogP contribution is 2.30. The van der Waals surface area contributed by atoms with Crippen molar-refractivity contribution < 1.29 is 14.3 Å². The molecule has 2 unspecified atom stereocenters. The molecule has 0 bridgehead atoms. The van der Waals surface area contributed by atoms with E-state index in [0.717, 1.165) is 12.0 Å². The van der Waals surface area contributed by atoms with E-state index in [9.17, 15) is 4.79 Å². The van der Waals surface area contributed by atoms with E-state index in [0.29, 0.717) is 19.6 Å². The molecule has 0 aromatic heterocycles. The number of ketones is 1. The number of fused-ring (bicyclic) bond motifs is 1. The van der Waals surface area contributed by atoms with E-state index in [1.54, 1.807) is 6.92 Å². The maximum Gasteiger partial charge on any atom is 0.164 e. The topological polar surface area (TPSA) is 35.5 Å². The average molecular weight is 248 g/mol. The van der Waals surface area contributed by atoms with Gasteiger partial charge in [-0.25, -0.2) is 0 Å². The SMILES string of the molecule is CCOC(C)C(=O)CC1OCCc2ccccc21. The lowest BCUT2D eigenvalue weighted by atomic mass is 9.94. The summed E-state index contributed by atoms with van der Waals surface area (Å²) >= 11 is 0. The second-order valence-electron chi connectivity index (χ2n) is 4.58. The fraction of sp³-hybridized carbons (Fsp3) is 0.533. The van der Waals surface area contributed by atoms with Gasteiger partial charge in [0, 0.05) is 13.0 Å². The Morgan fingerprint density at radius 1 is 1.50 bits per heavy atom. The highest BCUT2D eigenvalue weighted by atomic mass is 16.5. The fourth-order valence-corrected chi connectivity index (χ4v) is 2.34. The smallest absolute Gasteiger partial charge is 0.164 e. The van der Waals surface area contributed by atoms with Crippen LogP contribution in [0.3, 0.4) is 0 Å². The predicted molar refractivity (Wildman–Crippen MR) is 69.6 cm³/mol. The number of carbonyl (C=O) groups excluding carboxylic acids is 1. The molecule has 0 aliphatic carbocycles. The molecule has 2 rings (SSSR count). The van der Waals surface area contributed by atoms with Gasteiger partial charge in [-0.05, 0) is 31.4 Å². The predicted octanol–water partition coefficient (Wildman–Crippen LogP) is 2.68. The molecule has 1 heterocycles. The van der Waals surface area contributed by atoms with Gasteiger partial charge in [0.15, 0.2) is 5.78 Å². The Hall–Kier alpha value is -1.19. The Balaban J connectivity index is 2.05. The molecule has 0 saturated carbocycles. The first-order valence-corrected chi connectivity index (χ1v) is 6.56. The van der Waals surface area contributed by atoms with Crippen molar-refractivity contribution >= 4 is 5.78 Å². The van der Waals surface area contributed by atoms with E-state index in [1.165, 1.54) is 5.56 Å². The monoisotopic (exact) mass is 248 g/mol. The van der Waals surface area contributed by atoms with Crippen LogP contribution >= 0.6 is 0 Å². The van der Waals surface area contributed by atoms with Crippen molar-refractivity contribution in [3.8, 4) is 0 Å². The van der Waals surface area contributed by atoms with Gasteiger partial charge in [0.25, 0.3) is 0 Å². The van der Waals surface area contributed by atoms with Crippen LogP contribution in [0.5, 0.6) is 0 Å². The third-order valence-electron chi connectivity index (χ3n) is 3.35. The van der Waals surface area contributed by atoms with Gasteiger partial charge in [0.2, 0.25) is 0 Å². The lowest BCUT2D eigenvalue weighted by Gasteiger charge is -2.26. The zero-order valence-electron chi connectivity index (χ0n) is 11.0. The minimum Gasteiger partial charge on any atom is -0.373 e.